The van der Waals surface area contributed by atoms with Gasteiger partial charge in [-0.25, -0.2) is 4.98 Å². The number of hydrogen-bond acceptors (Lipinski definition) is 5. The highest BCUT2D eigenvalue weighted by atomic mass is 35.5. The first-order valence-corrected chi connectivity index (χ1v) is 4.31. The molecule has 9 heteroatoms. The molecule has 88 valence electrons. The van der Waals surface area contributed by atoms with E-state index in [0.717, 1.165) is 6.07 Å². The molecule has 0 spiro atoms. The van der Waals surface area contributed by atoms with Gasteiger partial charge in [0.2, 0.25) is 11.6 Å². The number of nitro groups is 1. The molecule has 0 unspecified atom stereocenters. The number of aromatic nitrogens is 1. The third kappa shape index (κ3) is 2.66. The Labute approximate surface area is 93.3 Å². The second-order valence-corrected chi connectivity index (χ2v) is 2.91. The molecule has 1 aromatic rings. The summed E-state index contributed by atoms with van der Waals surface area (Å²) in [5, 5.41) is 12.8. The summed E-state index contributed by atoms with van der Waals surface area (Å²) in [4.78, 5) is 13.3. The summed E-state index contributed by atoms with van der Waals surface area (Å²) < 4.78 is 28.0. The number of hydrogen-bond donors (Lipinski definition) is 1. The number of anilines is 1. The number of halogens is 3. The smallest absolute Gasteiger partial charge is 0.387 e. The molecule has 0 atom stereocenters. The Morgan fingerprint density at radius 2 is 2.31 bits per heavy atom. The molecule has 16 heavy (non-hydrogen) atoms. The predicted molar refractivity (Wildman–Crippen MR) is 52.1 cm³/mol. The van der Waals surface area contributed by atoms with E-state index in [-0.39, 0.29) is 11.0 Å². The van der Waals surface area contributed by atoms with Crippen LogP contribution in [0.5, 0.6) is 5.75 Å². The fourth-order valence-corrected chi connectivity index (χ4v) is 1.21. The number of alkyl halides is 2. The number of nitrogens with one attached hydrogen (secondary N) is 1. The maximum Gasteiger partial charge on any atom is 0.387 e. The molecule has 0 radical (unpaired) electrons. The quantitative estimate of drug-likeness (QED) is 0.506. The van der Waals surface area contributed by atoms with E-state index >= 15 is 0 Å². The first-order chi connectivity index (χ1) is 7.45. The van der Waals surface area contributed by atoms with Gasteiger partial charge in [-0.2, -0.15) is 8.78 Å². The summed E-state index contributed by atoms with van der Waals surface area (Å²) in [6.45, 7) is -3.18. The van der Waals surface area contributed by atoms with Gasteiger partial charge in [0.15, 0.2) is 0 Å². The number of pyridine rings is 1. The third-order valence-electron chi connectivity index (χ3n) is 1.56. The molecule has 1 aromatic heterocycles. The van der Waals surface area contributed by atoms with E-state index in [1.165, 1.54) is 7.05 Å². The normalized spacial score (nSPS) is 10.3. The summed E-state index contributed by atoms with van der Waals surface area (Å²) in [7, 11) is 1.35. The van der Waals surface area contributed by atoms with Gasteiger partial charge in [0.1, 0.15) is 5.15 Å². The van der Waals surface area contributed by atoms with Crippen molar-refractivity contribution < 1.29 is 18.4 Å². The average molecular weight is 254 g/mol. The van der Waals surface area contributed by atoms with Crippen molar-refractivity contribution in [3.05, 3.63) is 21.3 Å². The number of rotatable bonds is 4. The van der Waals surface area contributed by atoms with Crippen molar-refractivity contribution in [2.75, 3.05) is 12.4 Å². The molecule has 1 rings (SSSR count). The zero-order chi connectivity index (χ0) is 12.3. The minimum Gasteiger partial charge on any atom is -0.427 e. The van der Waals surface area contributed by atoms with Gasteiger partial charge in [0.05, 0.1) is 4.92 Å². The van der Waals surface area contributed by atoms with Crippen molar-refractivity contribution in [1.82, 2.24) is 4.98 Å². The maximum absolute atomic E-state index is 12.0. The van der Waals surface area contributed by atoms with Gasteiger partial charge < -0.3 is 10.1 Å². The molecule has 1 N–H and O–H groups in total. The van der Waals surface area contributed by atoms with Crippen LogP contribution in [0, 0.1) is 10.1 Å². The zero-order valence-electron chi connectivity index (χ0n) is 7.91. The average Bonchev–Trinajstić information content (AvgIpc) is 2.14. The minimum absolute atomic E-state index is 0.189. The molecular formula is C7H6ClF2N3O3. The lowest BCUT2D eigenvalue weighted by Gasteiger charge is -2.08. The molecule has 1 heterocycles. The lowest BCUT2D eigenvalue weighted by atomic mass is 10.3. The second kappa shape index (κ2) is 4.88. The van der Waals surface area contributed by atoms with Gasteiger partial charge in [-0.15, -0.1) is 0 Å². The van der Waals surface area contributed by atoms with Gasteiger partial charge >= 0.3 is 12.3 Å². The van der Waals surface area contributed by atoms with Gasteiger partial charge in [0, 0.05) is 13.1 Å². The van der Waals surface area contributed by atoms with E-state index in [0.29, 0.717) is 0 Å². The summed E-state index contributed by atoms with van der Waals surface area (Å²) >= 11 is 5.49. The monoisotopic (exact) mass is 253 g/mol. The van der Waals surface area contributed by atoms with Crippen LogP contribution in [0.1, 0.15) is 0 Å². The van der Waals surface area contributed by atoms with Gasteiger partial charge in [-0.1, -0.05) is 11.6 Å². The van der Waals surface area contributed by atoms with Crippen molar-refractivity contribution in [3.63, 3.8) is 0 Å². The third-order valence-corrected chi connectivity index (χ3v) is 1.76. The molecule has 0 aliphatic rings. The first kappa shape index (κ1) is 12.4. The van der Waals surface area contributed by atoms with Crippen LogP contribution in [0.4, 0.5) is 20.3 Å². The lowest BCUT2D eigenvalue weighted by molar-refractivity contribution is -0.385. The maximum atomic E-state index is 12.0. The van der Waals surface area contributed by atoms with E-state index in [1.54, 1.807) is 0 Å². The van der Waals surface area contributed by atoms with Crippen LogP contribution in [0.3, 0.4) is 0 Å². The topological polar surface area (TPSA) is 77.3 Å². The second-order valence-electron chi connectivity index (χ2n) is 2.53. The molecule has 0 aromatic carbocycles. The van der Waals surface area contributed by atoms with E-state index in [4.69, 9.17) is 11.6 Å². The highest BCUT2D eigenvalue weighted by Gasteiger charge is 2.25. The van der Waals surface area contributed by atoms with E-state index in [1.807, 2.05) is 0 Å². The highest BCUT2D eigenvalue weighted by molar-refractivity contribution is 6.29. The summed E-state index contributed by atoms with van der Waals surface area (Å²) in [5.41, 5.74) is -0.688. The van der Waals surface area contributed by atoms with Crippen LogP contribution in [0.2, 0.25) is 5.15 Å². The van der Waals surface area contributed by atoms with Crippen LogP contribution in [-0.2, 0) is 0 Å². The van der Waals surface area contributed by atoms with Crippen molar-refractivity contribution in [1.29, 1.82) is 0 Å². The molecule has 0 bridgehead atoms. The van der Waals surface area contributed by atoms with Gasteiger partial charge in [0.25, 0.3) is 0 Å². The Morgan fingerprint density at radius 1 is 1.69 bits per heavy atom. The van der Waals surface area contributed by atoms with E-state index in [9.17, 15) is 18.9 Å². The lowest BCUT2D eigenvalue weighted by Crippen LogP contribution is -2.07. The Morgan fingerprint density at radius 3 is 2.75 bits per heavy atom. The predicted octanol–water partition coefficient (Wildman–Crippen LogP) is 2.29. The van der Waals surface area contributed by atoms with Crippen LogP contribution in [-0.4, -0.2) is 23.6 Å². The molecule has 0 fully saturated rings. The van der Waals surface area contributed by atoms with Crippen molar-refractivity contribution >= 4 is 23.1 Å². The summed E-state index contributed by atoms with van der Waals surface area (Å²) in [5.74, 6) is -0.877. The largest absolute Gasteiger partial charge is 0.427 e. The summed E-state index contributed by atoms with van der Waals surface area (Å²) in [6.07, 6.45) is 0. The molecule has 6 nitrogen and oxygen atoms in total. The molecule has 0 saturated heterocycles. The molecule has 0 aliphatic carbocycles. The Hall–Kier alpha value is -1.70. The molecule has 0 amide bonds. The van der Waals surface area contributed by atoms with Crippen LogP contribution < -0.4 is 10.1 Å². The molecule has 0 saturated carbocycles. The standard InChI is InChI=1S/C7H6ClF2N3O3/c1-11-6-5(13(14)15)3(16-7(9)10)2-4(8)12-6/h2,7H,1H3,(H,11,12). The van der Waals surface area contributed by atoms with Crippen molar-refractivity contribution in [2.24, 2.45) is 0 Å². The fourth-order valence-electron chi connectivity index (χ4n) is 1.02. The first-order valence-electron chi connectivity index (χ1n) is 3.93. The Balaban J connectivity index is 3.32. The Kier molecular flexibility index (Phi) is 3.78. The highest BCUT2D eigenvalue weighted by Crippen LogP contribution is 2.36. The zero-order valence-corrected chi connectivity index (χ0v) is 8.66. The number of nitrogens with zero attached hydrogens (tertiary/aromatic N) is 2. The molecular weight excluding hydrogens is 248 g/mol. The van der Waals surface area contributed by atoms with Gasteiger partial charge in [-0.05, 0) is 0 Å². The van der Waals surface area contributed by atoms with Crippen molar-refractivity contribution in [2.45, 2.75) is 6.61 Å². The fraction of sp³-hybridized carbons (Fsp3) is 0.286. The van der Waals surface area contributed by atoms with Gasteiger partial charge in [-0.3, -0.25) is 10.1 Å². The van der Waals surface area contributed by atoms with E-state index in [2.05, 4.69) is 15.0 Å². The van der Waals surface area contributed by atoms with Crippen LogP contribution in [0.25, 0.3) is 0 Å². The molecule has 0 aliphatic heterocycles. The number of ether oxygens (including phenoxy) is 1. The van der Waals surface area contributed by atoms with Crippen LogP contribution >= 0.6 is 11.6 Å². The van der Waals surface area contributed by atoms with Crippen LogP contribution in [0.15, 0.2) is 6.07 Å². The van der Waals surface area contributed by atoms with E-state index < -0.39 is 23.0 Å². The minimum atomic E-state index is -3.18. The summed E-state index contributed by atoms with van der Waals surface area (Å²) in [6, 6.07) is 0.854. The van der Waals surface area contributed by atoms with Crippen molar-refractivity contribution in [3.8, 4) is 5.75 Å². The Bertz CT molecular complexity index is 416. The SMILES string of the molecule is CNc1nc(Cl)cc(OC(F)F)c1[N+](=O)[O-].